The first-order chi connectivity index (χ1) is 19.2. The molecule has 1 aliphatic carbocycles. The molecule has 3 amide bonds. The van der Waals surface area contributed by atoms with Crippen LogP contribution in [-0.2, 0) is 19.2 Å². The Hall–Kier alpha value is -2.31. The summed E-state index contributed by atoms with van der Waals surface area (Å²) in [6.45, 7) is 0.441. The molecule has 11 nitrogen and oxygen atoms in total. The Morgan fingerprint density at radius 1 is 0.725 bits per heavy atom. The number of hydrogen-bond acceptors (Lipinski definition) is 7. The Labute approximate surface area is 237 Å². The number of aliphatic hydroxyl groups excluding tert-OH is 1. The molecule has 0 spiro atoms. The van der Waals surface area contributed by atoms with Gasteiger partial charge in [0, 0.05) is 6.42 Å². The van der Waals surface area contributed by atoms with Crippen molar-refractivity contribution in [2.24, 2.45) is 17.4 Å². The van der Waals surface area contributed by atoms with Crippen LogP contribution in [0.3, 0.4) is 0 Å². The van der Waals surface area contributed by atoms with Gasteiger partial charge in [0.05, 0.1) is 6.61 Å². The summed E-state index contributed by atoms with van der Waals surface area (Å²) in [5.41, 5.74) is 11.0. The summed E-state index contributed by atoms with van der Waals surface area (Å²) in [5, 5.41) is 27.0. The van der Waals surface area contributed by atoms with Crippen molar-refractivity contribution >= 4 is 23.7 Å². The molecule has 0 saturated heterocycles. The average Bonchev–Trinajstić information content (AvgIpc) is 2.93. The highest BCUT2D eigenvalue weighted by Gasteiger charge is 2.31. The van der Waals surface area contributed by atoms with Crippen molar-refractivity contribution in [3.8, 4) is 0 Å². The number of nitrogens with one attached hydrogen (secondary N) is 3. The first kappa shape index (κ1) is 35.7. The van der Waals surface area contributed by atoms with E-state index in [1.165, 1.54) is 0 Å². The number of rotatable bonds is 22. The number of nitrogens with two attached hydrogens (primary N) is 2. The summed E-state index contributed by atoms with van der Waals surface area (Å²) in [5.74, 6) is -2.96. The van der Waals surface area contributed by atoms with E-state index in [2.05, 4.69) is 16.0 Å². The van der Waals surface area contributed by atoms with Crippen molar-refractivity contribution in [2.45, 2.75) is 127 Å². The second kappa shape index (κ2) is 21.4. The van der Waals surface area contributed by atoms with Crippen molar-refractivity contribution < 1.29 is 33.8 Å². The van der Waals surface area contributed by atoms with E-state index in [1.54, 1.807) is 0 Å². The van der Waals surface area contributed by atoms with E-state index < -0.39 is 48.7 Å². The summed E-state index contributed by atoms with van der Waals surface area (Å²) in [4.78, 5) is 50.2. The molecule has 3 atom stereocenters. The molecule has 232 valence electrons. The van der Waals surface area contributed by atoms with Crippen LogP contribution in [-0.4, -0.2) is 77.9 Å². The zero-order valence-electron chi connectivity index (χ0n) is 23.9. The molecule has 1 fully saturated rings. The molecular formula is C28H52FN5O6. The lowest BCUT2D eigenvalue weighted by atomic mass is 9.84. The number of halogens is 1. The Kier molecular flexibility index (Phi) is 19.1. The van der Waals surface area contributed by atoms with E-state index in [1.807, 2.05) is 0 Å². The Balaban J connectivity index is 2.63. The van der Waals surface area contributed by atoms with Gasteiger partial charge in [-0.1, -0.05) is 32.1 Å². The maximum Gasteiger partial charge on any atom is 0.326 e. The highest BCUT2D eigenvalue weighted by Crippen LogP contribution is 2.29. The van der Waals surface area contributed by atoms with Gasteiger partial charge >= 0.3 is 5.97 Å². The van der Waals surface area contributed by atoms with Crippen LogP contribution < -0.4 is 27.4 Å². The van der Waals surface area contributed by atoms with Gasteiger partial charge < -0.3 is 37.6 Å². The van der Waals surface area contributed by atoms with E-state index in [-0.39, 0.29) is 31.1 Å². The van der Waals surface area contributed by atoms with Gasteiger partial charge in [-0.3, -0.25) is 14.4 Å². The predicted molar refractivity (Wildman–Crippen MR) is 151 cm³/mol. The number of hydrogen-bond donors (Lipinski definition) is 7. The third kappa shape index (κ3) is 15.5. The van der Waals surface area contributed by atoms with Gasteiger partial charge in [-0.15, -0.1) is 0 Å². The minimum Gasteiger partial charge on any atom is -0.480 e. The standard InChI is InChI=1S/C28H52FN5O6/c29-21-14-12-20(13-15-21)18-23(28(39)40)34-26(37)22(10-7-9-17-31)33-27(38)24(19-35)32-25(36)11-6-4-2-1-3-5-8-16-30/h20-24,35H,1-19,30-31H2,(H,32,36)(H,33,38)(H,34,37)(H,39,40)/t20?,21?,22-,23-,24-/m0/s1. The normalized spacial score (nSPS) is 19.3. The zero-order chi connectivity index (χ0) is 29.8. The second-order valence-corrected chi connectivity index (χ2v) is 10.9. The average molecular weight is 574 g/mol. The Morgan fingerprint density at radius 3 is 1.82 bits per heavy atom. The summed E-state index contributed by atoms with van der Waals surface area (Å²) < 4.78 is 13.5. The SMILES string of the molecule is NCCCCCCCCCC(=O)N[C@@H](CO)C(=O)N[C@@H](CCCCN)C(=O)N[C@@H](CC1CCC(F)CC1)C(=O)O. The van der Waals surface area contributed by atoms with Crippen molar-refractivity contribution in [3.05, 3.63) is 0 Å². The van der Waals surface area contributed by atoms with Gasteiger partial charge in [-0.25, -0.2) is 9.18 Å². The smallest absolute Gasteiger partial charge is 0.326 e. The number of unbranched alkanes of at least 4 members (excludes halogenated alkanes) is 7. The maximum atomic E-state index is 13.5. The maximum absolute atomic E-state index is 13.5. The molecule has 0 heterocycles. The van der Waals surface area contributed by atoms with E-state index in [9.17, 15) is 33.8 Å². The summed E-state index contributed by atoms with van der Waals surface area (Å²) in [6.07, 6.45) is 9.61. The summed E-state index contributed by atoms with van der Waals surface area (Å²) in [6, 6.07) is -3.47. The molecule has 0 aromatic heterocycles. The number of carbonyl (C=O) groups excluding carboxylic acids is 3. The third-order valence-corrected chi connectivity index (χ3v) is 7.48. The third-order valence-electron chi connectivity index (χ3n) is 7.48. The molecule has 9 N–H and O–H groups in total. The lowest BCUT2D eigenvalue weighted by Gasteiger charge is -2.28. The number of aliphatic carboxylic acids is 1. The van der Waals surface area contributed by atoms with E-state index in [0.29, 0.717) is 58.0 Å². The van der Waals surface area contributed by atoms with Gasteiger partial charge in [0.15, 0.2) is 0 Å². The minimum absolute atomic E-state index is 0.0103. The molecule has 12 heteroatoms. The molecule has 0 aromatic rings. The molecule has 0 aliphatic heterocycles. The van der Waals surface area contributed by atoms with Crippen LogP contribution in [0.4, 0.5) is 4.39 Å². The van der Waals surface area contributed by atoms with Crippen LogP contribution in [0.5, 0.6) is 0 Å². The van der Waals surface area contributed by atoms with Gasteiger partial charge in [0.1, 0.15) is 24.3 Å². The lowest BCUT2D eigenvalue weighted by molar-refractivity contribution is -0.143. The first-order valence-electron chi connectivity index (χ1n) is 15.0. The van der Waals surface area contributed by atoms with Crippen molar-refractivity contribution in [1.29, 1.82) is 0 Å². The zero-order valence-corrected chi connectivity index (χ0v) is 23.9. The Morgan fingerprint density at radius 2 is 1.25 bits per heavy atom. The lowest BCUT2D eigenvalue weighted by Crippen LogP contribution is -2.56. The molecule has 0 aromatic carbocycles. The topological polar surface area (TPSA) is 197 Å². The van der Waals surface area contributed by atoms with Crippen LogP contribution >= 0.6 is 0 Å². The second-order valence-electron chi connectivity index (χ2n) is 10.9. The first-order valence-corrected chi connectivity index (χ1v) is 15.0. The van der Waals surface area contributed by atoms with Crippen LogP contribution in [0.2, 0.25) is 0 Å². The molecule has 1 aliphatic rings. The van der Waals surface area contributed by atoms with Crippen LogP contribution in [0, 0.1) is 5.92 Å². The number of amides is 3. The van der Waals surface area contributed by atoms with E-state index >= 15 is 0 Å². The molecule has 0 unspecified atom stereocenters. The predicted octanol–water partition coefficient (Wildman–Crippen LogP) is 1.64. The van der Waals surface area contributed by atoms with Gasteiger partial charge in [-0.2, -0.15) is 0 Å². The molecule has 1 rings (SSSR count). The fraction of sp³-hybridized carbons (Fsp3) is 0.857. The number of aliphatic hydroxyl groups is 1. The number of alkyl halides is 1. The fourth-order valence-corrected chi connectivity index (χ4v) is 4.99. The summed E-state index contributed by atoms with van der Waals surface area (Å²) >= 11 is 0. The molecule has 1 saturated carbocycles. The Bertz CT molecular complexity index is 751. The molecule has 0 bridgehead atoms. The quantitative estimate of drug-likeness (QED) is 0.0949. The number of carbonyl (C=O) groups is 4. The minimum atomic E-state index is -1.24. The van der Waals surface area contributed by atoms with Crippen molar-refractivity contribution in [2.75, 3.05) is 19.7 Å². The van der Waals surface area contributed by atoms with Gasteiger partial charge in [0.2, 0.25) is 17.7 Å². The fourth-order valence-electron chi connectivity index (χ4n) is 4.99. The van der Waals surface area contributed by atoms with E-state index in [0.717, 1.165) is 38.5 Å². The highest BCUT2D eigenvalue weighted by molar-refractivity contribution is 5.93. The number of carboxylic acid groups (broad SMARTS) is 1. The van der Waals surface area contributed by atoms with Crippen molar-refractivity contribution in [3.63, 3.8) is 0 Å². The van der Waals surface area contributed by atoms with Gasteiger partial charge in [0.25, 0.3) is 0 Å². The summed E-state index contributed by atoms with van der Waals surface area (Å²) in [7, 11) is 0. The van der Waals surface area contributed by atoms with Crippen LogP contribution in [0.1, 0.15) is 103 Å². The number of carboxylic acids is 1. The molecule has 40 heavy (non-hydrogen) atoms. The monoisotopic (exact) mass is 573 g/mol. The van der Waals surface area contributed by atoms with Gasteiger partial charge in [-0.05, 0) is 83.2 Å². The van der Waals surface area contributed by atoms with Crippen LogP contribution in [0.15, 0.2) is 0 Å². The van der Waals surface area contributed by atoms with Crippen LogP contribution in [0.25, 0.3) is 0 Å². The molecule has 0 radical (unpaired) electrons. The molecular weight excluding hydrogens is 521 g/mol. The van der Waals surface area contributed by atoms with E-state index in [4.69, 9.17) is 11.5 Å². The largest absolute Gasteiger partial charge is 0.480 e. The highest BCUT2D eigenvalue weighted by atomic mass is 19.1. The van der Waals surface area contributed by atoms with Crippen molar-refractivity contribution in [1.82, 2.24) is 16.0 Å².